The molecule has 0 spiro atoms. The van der Waals surface area contributed by atoms with E-state index in [4.69, 9.17) is 9.47 Å². The van der Waals surface area contributed by atoms with Crippen LogP contribution in [0.3, 0.4) is 0 Å². The number of likely N-dealkylation sites (tertiary alicyclic amines) is 1. The molecule has 49 heavy (non-hydrogen) atoms. The molecule has 6 rings (SSSR count). The summed E-state index contributed by atoms with van der Waals surface area (Å²) in [7, 11) is 0. The number of carbonyl (C=O) groups excluding carboxylic acids is 3. The van der Waals surface area contributed by atoms with Gasteiger partial charge in [-0.15, -0.1) is 16.4 Å². The van der Waals surface area contributed by atoms with Crippen molar-refractivity contribution in [1.29, 1.82) is 0 Å². The first-order chi connectivity index (χ1) is 24.0. The number of fused-ring (bicyclic) bond motifs is 1. The molecule has 2 saturated heterocycles. The van der Waals surface area contributed by atoms with Gasteiger partial charge >= 0.3 is 6.09 Å². The van der Waals surface area contributed by atoms with E-state index < -0.39 is 6.09 Å². The Bertz CT molecular complexity index is 1690. The first-order valence-electron chi connectivity index (χ1n) is 17.5. The van der Waals surface area contributed by atoms with Crippen LogP contribution in [0.5, 0.6) is 0 Å². The molecule has 4 aromatic rings. The first kappa shape index (κ1) is 34.6. The van der Waals surface area contributed by atoms with E-state index in [0.717, 1.165) is 87.1 Å². The van der Waals surface area contributed by atoms with Crippen molar-refractivity contribution in [3.05, 3.63) is 76.7 Å². The molecule has 0 aliphatic carbocycles. The molecule has 2 aromatic heterocycles. The van der Waals surface area contributed by atoms with Crippen molar-refractivity contribution in [3.8, 4) is 0 Å². The molecule has 4 heterocycles. The molecular formula is C37H46N6O5S. The molecule has 0 unspecified atom stereocenters. The molecule has 12 heteroatoms. The van der Waals surface area contributed by atoms with Crippen molar-refractivity contribution >= 4 is 51.0 Å². The van der Waals surface area contributed by atoms with E-state index in [9.17, 15) is 14.4 Å². The van der Waals surface area contributed by atoms with Crippen LogP contribution in [0.25, 0.3) is 10.2 Å². The number of aromatic nitrogens is 2. The number of carbonyl (C=O) groups is 3. The van der Waals surface area contributed by atoms with Gasteiger partial charge in [0.15, 0.2) is 5.82 Å². The number of benzene rings is 2. The third kappa shape index (κ3) is 8.86. The lowest BCUT2D eigenvalue weighted by Gasteiger charge is -2.28. The van der Waals surface area contributed by atoms with Crippen molar-refractivity contribution in [2.24, 2.45) is 0 Å². The summed E-state index contributed by atoms with van der Waals surface area (Å²) in [6.07, 6.45) is 6.78. The highest BCUT2D eigenvalue weighted by atomic mass is 32.1. The van der Waals surface area contributed by atoms with Gasteiger partial charge in [-0.2, -0.15) is 4.68 Å². The monoisotopic (exact) mass is 686 g/mol. The van der Waals surface area contributed by atoms with Crippen LogP contribution in [0.4, 0.5) is 16.3 Å². The summed E-state index contributed by atoms with van der Waals surface area (Å²) >= 11 is 1.20. The number of hydrogen-bond acceptors (Lipinski definition) is 9. The predicted octanol–water partition coefficient (Wildman–Crippen LogP) is 6.71. The molecule has 2 aromatic carbocycles. The molecule has 260 valence electrons. The predicted molar refractivity (Wildman–Crippen MR) is 193 cm³/mol. The third-order valence-corrected chi connectivity index (χ3v) is 10.2. The number of amides is 2. The zero-order valence-electron chi connectivity index (χ0n) is 28.2. The van der Waals surface area contributed by atoms with E-state index in [2.05, 4.69) is 32.5 Å². The SMILES string of the molecule is CCCCCCCOC(=O)n1nc(NC(=O)c2ccc(N3CCOCC3)cc2)c2sc(C(=O)N[C@H](CN3CCCC3)c3ccccc3)cc21. The van der Waals surface area contributed by atoms with Gasteiger partial charge in [0.05, 0.1) is 41.0 Å². The first-order valence-corrected chi connectivity index (χ1v) is 18.3. The number of thiophene rings is 1. The summed E-state index contributed by atoms with van der Waals surface area (Å²) in [6.45, 7) is 8.12. The van der Waals surface area contributed by atoms with E-state index in [1.165, 1.54) is 11.3 Å². The van der Waals surface area contributed by atoms with Gasteiger partial charge in [0.1, 0.15) is 0 Å². The number of hydrogen-bond donors (Lipinski definition) is 2. The summed E-state index contributed by atoms with van der Waals surface area (Å²) in [5, 5.41) is 10.6. The lowest BCUT2D eigenvalue weighted by atomic mass is 10.1. The third-order valence-electron chi connectivity index (χ3n) is 9.11. The van der Waals surface area contributed by atoms with Crippen molar-refractivity contribution in [1.82, 2.24) is 20.0 Å². The van der Waals surface area contributed by atoms with Gasteiger partial charge in [-0.25, -0.2) is 4.79 Å². The van der Waals surface area contributed by atoms with Crippen LogP contribution < -0.4 is 15.5 Å². The fourth-order valence-electron chi connectivity index (χ4n) is 6.36. The van der Waals surface area contributed by atoms with E-state index >= 15 is 0 Å². The number of anilines is 2. The maximum Gasteiger partial charge on any atom is 0.435 e. The van der Waals surface area contributed by atoms with Gasteiger partial charge in [0.2, 0.25) is 0 Å². The molecule has 11 nitrogen and oxygen atoms in total. The van der Waals surface area contributed by atoms with Crippen LogP contribution in [-0.2, 0) is 9.47 Å². The van der Waals surface area contributed by atoms with Crippen LogP contribution in [0.2, 0.25) is 0 Å². The average molecular weight is 687 g/mol. The van der Waals surface area contributed by atoms with Crippen LogP contribution in [0.15, 0.2) is 60.7 Å². The van der Waals surface area contributed by atoms with Crippen LogP contribution in [0.1, 0.15) is 83.5 Å². The molecule has 0 radical (unpaired) electrons. The Kier molecular flexibility index (Phi) is 11.9. The zero-order valence-corrected chi connectivity index (χ0v) is 29.0. The fourth-order valence-corrected chi connectivity index (χ4v) is 7.34. The average Bonchev–Trinajstić information content (AvgIpc) is 3.89. The Morgan fingerprint density at radius 3 is 2.39 bits per heavy atom. The summed E-state index contributed by atoms with van der Waals surface area (Å²) < 4.78 is 12.7. The molecule has 0 bridgehead atoms. The van der Waals surface area contributed by atoms with Crippen molar-refractivity contribution in [2.75, 3.05) is 62.8 Å². The molecule has 1 atom stereocenters. The van der Waals surface area contributed by atoms with E-state index in [-0.39, 0.29) is 30.3 Å². The number of nitrogens with one attached hydrogen (secondary N) is 2. The maximum atomic E-state index is 13.8. The highest BCUT2D eigenvalue weighted by Crippen LogP contribution is 2.33. The standard InChI is InChI=1S/C37H46N6O5S/c1-2-3-4-5-11-22-48-37(46)43-31-25-32(36(45)38-30(26-41-18-9-10-19-41)27-12-7-6-8-13-27)49-33(31)34(40-43)39-35(44)28-14-16-29(17-15-28)42-20-23-47-24-21-42/h6-8,12-17,25,30H,2-5,9-11,18-24,26H2,1H3,(H,38,45)(H,39,40,44)/t30-/m1/s1. The molecule has 2 aliphatic heterocycles. The number of nitrogens with zero attached hydrogens (tertiary/aromatic N) is 4. The second kappa shape index (κ2) is 16.9. The molecule has 0 saturated carbocycles. The summed E-state index contributed by atoms with van der Waals surface area (Å²) in [5.41, 5.74) is 2.93. The smallest absolute Gasteiger partial charge is 0.435 e. The molecular weight excluding hydrogens is 641 g/mol. The van der Waals surface area contributed by atoms with E-state index in [1.807, 2.05) is 42.5 Å². The summed E-state index contributed by atoms with van der Waals surface area (Å²) in [5.74, 6) is -0.405. The Morgan fingerprint density at radius 1 is 0.918 bits per heavy atom. The normalized spacial score (nSPS) is 15.7. The number of rotatable bonds is 14. The van der Waals surface area contributed by atoms with Gasteiger partial charge in [-0.1, -0.05) is 62.9 Å². The molecule has 2 fully saturated rings. The minimum atomic E-state index is -0.642. The topological polar surface area (TPSA) is 118 Å². The van der Waals surface area contributed by atoms with Crippen LogP contribution in [0, 0.1) is 0 Å². The highest BCUT2D eigenvalue weighted by Gasteiger charge is 2.26. The second-order valence-corrected chi connectivity index (χ2v) is 13.7. The van der Waals surface area contributed by atoms with Crippen LogP contribution >= 0.6 is 11.3 Å². The largest absolute Gasteiger partial charge is 0.448 e. The Hall–Kier alpha value is -4.26. The minimum absolute atomic E-state index is 0.203. The van der Waals surface area contributed by atoms with Gasteiger partial charge < -0.3 is 29.9 Å². The van der Waals surface area contributed by atoms with Crippen molar-refractivity contribution in [2.45, 2.75) is 57.9 Å². The Balaban J connectivity index is 1.22. The maximum absolute atomic E-state index is 13.8. The summed E-state index contributed by atoms with van der Waals surface area (Å²) in [6, 6.07) is 18.8. The second-order valence-electron chi connectivity index (χ2n) is 12.7. The zero-order chi connectivity index (χ0) is 34.0. The van der Waals surface area contributed by atoms with Gasteiger partial charge in [-0.3, -0.25) is 9.59 Å². The number of ether oxygens (including phenoxy) is 2. The van der Waals surface area contributed by atoms with Gasteiger partial charge in [0.25, 0.3) is 11.8 Å². The van der Waals surface area contributed by atoms with Gasteiger partial charge in [-0.05, 0) is 68.2 Å². The molecule has 2 N–H and O–H groups in total. The minimum Gasteiger partial charge on any atom is -0.448 e. The molecule has 2 aliphatic rings. The van der Waals surface area contributed by atoms with Crippen molar-refractivity contribution in [3.63, 3.8) is 0 Å². The summed E-state index contributed by atoms with van der Waals surface area (Å²) in [4.78, 5) is 45.5. The van der Waals surface area contributed by atoms with E-state index in [1.54, 1.807) is 18.2 Å². The lowest BCUT2D eigenvalue weighted by molar-refractivity contribution is 0.0930. The van der Waals surface area contributed by atoms with Crippen molar-refractivity contribution < 1.29 is 23.9 Å². The Morgan fingerprint density at radius 2 is 1.65 bits per heavy atom. The van der Waals surface area contributed by atoms with E-state index in [0.29, 0.717) is 40.4 Å². The number of unbranched alkanes of at least 4 members (excludes halogenated alkanes) is 4. The quantitative estimate of drug-likeness (QED) is 0.141. The highest BCUT2D eigenvalue weighted by molar-refractivity contribution is 7.21. The fraction of sp³-hybridized carbons (Fsp3) is 0.459. The molecule has 2 amide bonds. The van der Waals surface area contributed by atoms with Crippen LogP contribution in [-0.4, -0.2) is 85.1 Å². The number of morpholine rings is 1. The Labute approximate surface area is 291 Å². The lowest BCUT2D eigenvalue weighted by Crippen LogP contribution is -2.36. The van der Waals surface area contributed by atoms with Gasteiger partial charge in [0, 0.05) is 30.9 Å².